The van der Waals surface area contributed by atoms with Gasteiger partial charge in [0.25, 0.3) is 0 Å². The molecule has 150 valence electrons. The van der Waals surface area contributed by atoms with E-state index in [-0.39, 0.29) is 35.6 Å². The van der Waals surface area contributed by atoms with Crippen LogP contribution in [0.25, 0.3) is 11.4 Å². The molecular formula is C19H22Cl2FN5O. The van der Waals surface area contributed by atoms with Crippen LogP contribution in [-0.4, -0.2) is 31.0 Å². The van der Waals surface area contributed by atoms with Crippen molar-refractivity contribution in [1.29, 1.82) is 0 Å². The number of aromatic nitrogens is 4. The molecule has 0 aliphatic carbocycles. The van der Waals surface area contributed by atoms with Crippen LogP contribution in [0.15, 0.2) is 30.3 Å². The Kier molecular flexibility index (Phi) is 7.35. The van der Waals surface area contributed by atoms with Gasteiger partial charge in [-0.25, -0.2) is 9.07 Å². The minimum Gasteiger partial charge on any atom is -0.391 e. The first-order valence-electron chi connectivity index (χ1n) is 8.67. The van der Waals surface area contributed by atoms with Crippen LogP contribution in [0, 0.1) is 19.7 Å². The van der Waals surface area contributed by atoms with Gasteiger partial charge in [0.1, 0.15) is 0 Å². The van der Waals surface area contributed by atoms with Crippen LogP contribution >= 0.6 is 24.0 Å². The maximum absolute atomic E-state index is 14.2. The van der Waals surface area contributed by atoms with Crippen LogP contribution < -0.4 is 5.32 Å². The highest BCUT2D eigenvalue weighted by molar-refractivity contribution is 6.31. The lowest BCUT2D eigenvalue weighted by atomic mass is 10.2. The average molecular weight is 426 g/mol. The third kappa shape index (κ3) is 4.98. The van der Waals surface area contributed by atoms with Gasteiger partial charge in [-0.15, -0.1) is 17.5 Å². The van der Waals surface area contributed by atoms with Crippen molar-refractivity contribution in [1.82, 2.24) is 19.7 Å². The van der Waals surface area contributed by atoms with E-state index in [1.54, 1.807) is 16.8 Å². The molecule has 1 aromatic carbocycles. The van der Waals surface area contributed by atoms with E-state index in [9.17, 15) is 9.50 Å². The summed E-state index contributed by atoms with van der Waals surface area (Å²) < 4.78 is 15.8. The first-order valence-corrected chi connectivity index (χ1v) is 9.04. The van der Waals surface area contributed by atoms with Gasteiger partial charge in [-0.2, -0.15) is 4.98 Å². The molecule has 2 heterocycles. The van der Waals surface area contributed by atoms with Gasteiger partial charge in [0.15, 0.2) is 11.6 Å². The third-order valence-electron chi connectivity index (χ3n) is 4.06. The number of halogens is 3. The van der Waals surface area contributed by atoms with Crippen molar-refractivity contribution >= 4 is 35.6 Å². The molecule has 0 saturated heterocycles. The summed E-state index contributed by atoms with van der Waals surface area (Å²) in [6, 6.07) is 8.47. The Morgan fingerprint density at radius 1 is 1.21 bits per heavy atom. The lowest BCUT2D eigenvalue weighted by Gasteiger charge is -2.10. The number of nitrogens with zero attached hydrogens (tertiary/aromatic N) is 4. The van der Waals surface area contributed by atoms with E-state index in [4.69, 9.17) is 11.6 Å². The summed E-state index contributed by atoms with van der Waals surface area (Å²) in [6.07, 6.45) is 0.0181. The summed E-state index contributed by atoms with van der Waals surface area (Å²) in [5, 5.41) is 17.4. The van der Waals surface area contributed by atoms with Gasteiger partial charge >= 0.3 is 0 Å². The van der Waals surface area contributed by atoms with Crippen molar-refractivity contribution < 1.29 is 9.50 Å². The molecule has 2 N–H and O–H groups in total. The molecule has 3 aromatic rings. The standard InChI is InChI=1S/C19H21ClFN5O.ClH/c1-4-14(27)10-26-18(13-8-11(2)22-12(3)9-13)24-19(25-26)23-16-7-5-6-15(20)17(16)21;/h5-9,14,27H,4,10H2,1-3H3,(H,23,25);1H/t14-;/m0./s1. The molecule has 2 aromatic heterocycles. The number of anilines is 2. The smallest absolute Gasteiger partial charge is 0.247 e. The highest BCUT2D eigenvalue weighted by atomic mass is 35.5. The summed E-state index contributed by atoms with van der Waals surface area (Å²) in [4.78, 5) is 8.88. The van der Waals surface area contributed by atoms with E-state index < -0.39 is 11.9 Å². The molecule has 0 unspecified atom stereocenters. The lowest BCUT2D eigenvalue weighted by molar-refractivity contribution is 0.146. The van der Waals surface area contributed by atoms with Gasteiger partial charge in [-0.05, 0) is 44.5 Å². The van der Waals surface area contributed by atoms with Crippen LogP contribution in [0.3, 0.4) is 0 Å². The number of aliphatic hydroxyl groups is 1. The Morgan fingerprint density at radius 3 is 2.54 bits per heavy atom. The fourth-order valence-electron chi connectivity index (χ4n) is 2.75. The van der Waals surface area contributed by atoms with E-state index >= 15 is 0 Å². The van der Waals surface area contributed by atoms with Gasteiger partial charge in [0.2, 0.25) is 5.95 Å². The summed E-state index contributed by atoms with van der Waals surface area (Å²) in [5.41, 5.74) is 2.72. The molecule has 1 atom stereocenters. The Morgan fingerprint density at radius 2 is 1.89 bits per heavy atom. The van der Waals surface area contributed by atoms with Crippen molar-refractivity contribution in [3.8, 4) is 11.4 Å². The molecule has 6 nitrogen and oxygen atoms in total. The Hall–Kier alpha value is -2.22. The first-order chi connectivity index (χ1) is 12.9. The van der Waals surface area contributed by atoms with Crippen molar-refractivity contribution in [3.05, 3.63) is 52.6 Å². The summed E-state index contributed by atoms with van der Waals surface area (Å²) in [6.45, 7) is 5.97. The second-order valence-electron chi connectivity index (χ2n) is 6.37. The first kappa shape index (κ1) is 22.1. The van der Waals surface area contributed by atoms with Gasteiger partial charge < -0.3 is 10.4 Å². The molecular weight excluding hydrogens is 404 g/mol. The molecule has 0 amide bonds. The zero-order valence-electron chi connectivity index (χ0n) is 15.8. The molecule has 0 bridgehead atoms. The van der Waals surface area contributed by atoms with Crippen molar-refractivity contribution in [3.63, 3.8) is 0 Å². The van der Waals surface area contributed by atoms with E-state index in [1.807, 2.05) is 32.9 Å². The second-order valence-corrected chi connectivity index (χ2v) is 6.78. The third-order valence-corrected chi connectivity index (χ3v) is 4.36. The molecule has 3 rings (SSSR count). The molecule has 0 radical (unpaired) electrons. The Balaban J connectivity index is 0.00000280. The van der Waals surface area contributed by atoms with Crippen molar-refractivity contribution in [2.75, 3.05) is 5.32 Å². The van der Waals surface area contributed by atoms with E-state index in [0.717, 1.165) is 17.0 Å². The monoisotopic (exact) mass is 425 g/mol. The minimum atomic E-state index is -0.568. The van der Waals surface area contributed by atoms with Gasteiger partial charge in [-0.1, -0.05) is 24.6 Å². The second kappa shape index (κ2) is 9.32. The maximum Gasteiger partial charge on any atom is 0.247 e. The van der Waals surface area contributed by atoms with Crippen LogP contribution in [0.5, 0.6) is 0 Å². The fourth-order valence-corrected chi connectivity index (χ4v) is 2.92. The normalized spacial score (nSPS) is 11.8. The van der Waals surface area contributed by atoms with Gasteiger partial charge in [0.05, 0.1) is 23.4 Å². The topological polar surface area (TPSA) is 75.9 Å². The van der Waals surface area contributed by atoms with Crippen molar-refractivity contribution in [2.45, 2.75) is 39.8 Å². The number of aryl methyl sites for hydroxylation is 2. The predicted molar refractivity (Wildman–Crippen MR) is 111 cm³/mol. The van der Waals surface area contributed by atoms with Gasteiger partial charge in [-0.3, -0.25) is 4.98 Å². The molecule has 0 aliphatic heterocycles. The zero-order valence-corrected chi connectivity index (χ0v) is 17.4. The molecule has 0 aliphatic rings. The summed E-state index contributed by atoms with van der Waals surface area (Å²) in [7, 11) is 0. The molecule has 9 heteroatoms. The minimum absolute atomic E-state index is 0. The van der Waals surface area contributed by atoms with E-state index in [0.29, 0.717) is 12.2 Å². The zero-order chi connectivity index (χ0) is 19.6. The van der Waals surface area contributed by atoms with Crippen LogP contribution in [0.1, 0.15) is 24.7 Å². The van der Waals surface area contributed by atoms with Gasteiger partial charge in [0, 0.05) is 17.0 Å². The van der Waals surface area contributed by atoms with Crippen LogP contribution in [-0.2, 0) is 6.54 Å². The van der Waals surface area contributed by atoms with E-state index in [1.165, 1.54) is 6.07 Å². The van der Waals surface area contributed by atoms with Crippen molar-refractivity contribution in [2.24, 2.45) is 0 Å². The number of aliphatic hydroxyl groups excluding tert-OH is 1. The Bertz CT molecular complexity index is 943. The summed E-state index contributed by atoms with van der Waals surface area (Å²) in [5.74, 6) is 0.226. The number of rotatable bonds is 6. The van der Waals surface area contributed by atoms with Crippen LogP contribution in [0.4, 0.5) is 16.0 Å². The molecule has 0 fully saturated rings. The lowest BCUT2D eigenvalue weighted by Crippen LogP contribution is -2.17. The van der Waals surface area contributed by atoms with Crippen LogP contribution in [0.2, 0.25) is 5.02 Å². The number of hydrogen-bond donors (Lipinski definition) is 2. The maximum atomic E-state index is 14.2. The highest BCUT2D eigenvalue weighted by Gasteiger charge is 2.17. The number of benzene rings is 1. The summed E-state index contributed by atoms with van der Waals surface area (Å²) >= 11 is 5.83. The SMILES string of the molecule is CC[C@H](O)Cn1nc(Nc2cccc(Cl)c2F)nc1-c1cc(C)nc(C)c1.Cl. The quantitative estimate of drug-likeness (QED) is 0.599. The number of nitrogens with one attached hydrogen (secondary N) is 1. The number of hydrogen-bond acceptors (Lipinski definition) is 5. The molecule has 0 spiro atoms. The van der Waals surface area contributed by atoms with E-state index in [2.05, 4.69) is 20.4 Å². The molecule has 0 saturated carbocycles. The highest BCUT2D eigenvalue weighted by Crippen LogP contribution is 2.26. The average Bonchev–Trinajstić information content (AvgIpc) is 3.00. The predicted octanol–water partition coefficient (Wildman–Crippen LogP) is 4.69. The fraction of sp³-hybridized carbons (Fsp3) is 0.316. The number of pyridine rings is 1. The largest absolute Gasteiger partial charge is 0.391 e. The Labute approximate surface area is 174 Å². The molecule has 28 heavy (non-hydrogen) atoms.